The van der Waals surface area contributed by atoms with E-state index in [1.165, 1.54) is 6.92 Å². The van der Waals surface area contributed by atoms with Crippen molar-refractivity contribution < 1.29 is 24.2 Å². The Morgan fingerprint density at radius 1 is 1.42 bits per heavy atom. The van der Waals surface area contributed by atoms with Crippen molar-refractivity contribution in [1.82, 2.24) is 0 Å². The minimum Gasteiger partial charge on any atom is -0.466 e. The Hall–Kier alpha value is -1.10. The summed E-state index contributed by atoms with van der Waals surface area (Å²) in [6.45, 7) is 2.49. The number of hydrogen-bond acceptors (Lipinski definition) is 5. The molecule has 0 aliphatic heterocycles. The van der Waals surface area contributed by atoms with E-state index < -0.39 is 24.1 Å². The molecule has 0 rings (SSSR count). The summed E-state index contributed by atoms with van der Waals surface area (Å²) in [4.78, 5) is 21.3. The Labute approximate surface area is 70.3 Å². The molecule has 0 bridgehead atoms. The van der Waals surface area contributed by atoms with E-state index >= 15 is 0 Å². The van der Waals surface area contributed by atoms with Gasteiger partial charge in [-0.25, -0.2) is 4.79 Å². The largest absolute Gasteiger partial charge is 0.466 e. The fraction of sp³-hybridized carbons (Fsp3) is 0.714. The average molecular weight is 176 g/mol. The van der Waals surface area contributed by atoms with Crippen molar-refractivity contribution in [3.63, 3.8) is 0 Å². The SMILES string of the molecule is COC(=O)[C@H](OC(C)=O)[C@H](C)O. The van der Waals surface area contributed by atoms with Gasteiger partial charge in [0.1, 0.15) is 0 Å². The lowest BCUT2D eigenvalue weighted by Crippen LogP contribution is -2.36. The Kier molecular flexibility index (Phi) is 4.28. The van der Waals surface area contributed by atoms with Crippen molar-refractivity contribution in [2.45, 2.75) is 26.1 Å². The molecule has 0 fully saturated rings. The van der Waals surface area contributed by atoms with E-state index in [4.69, 9.17) is 5.11 Å². The second-order valence-electron chi connectivity index (χ2n) is 2.29. The summed E-state index contributed by atoms with van der Waals surface area (Å²) >= 11 is 0. The maximum Gasteiger partial charge on any atom is 0.349 e. The van der Waals surface area contributed by atoms with Gasteiger partial charge in [0.25, 0.3) is 0 Å². The van der Waals surface area contributed by atoms with Gasteiger partial charge in [0, 0.05) is 6.92 Å². The molecule has 0 aliphatic carbocycles. The van der Waals surface area contributed by atoms with Crippen LogP contribution in [0.15, 0.2) is 0 Å². The molecular weight excluding hydrogens is 164 g/mol. The molecule has 0 aromatic carbocycles. The molecule has 0 aliphatic rings. The zero-order chi connectivity index (χ0) is 9.72. The summed E-state index contributed by atoms with van der Waals surface area (Å²) in [7, 11) is 1.15. The van der Waals surface area contributed by atoms with Crippen LogP contribution in [0.4, 0.5) is 0 Å². The standard InChI is InChI=1S/C7H12O5/c1-4(8)6(7(10)11-3)12-5(2)9/h4,6,8H,1-3H3/t4-,6+/m0/s1. The van der Waals surface area contributed by atoms with Gasteiger partial charge < -0.3 is 14.6 Å². The van der Waals surface area contributed by atoms with Crippen LogP contribution in [0.5, 0.6) is 0 Å². The lowest BCUT2D eigenvalue weighted by atomic mass is 10.2. The highest BCUT2D eigenvalue weighted by Crippen LogP contribution is 2.01. The monoisotopic (exact) mass is 176 g/mol. The summed E-state index contributed by atoms with van der Waals surface area (Å²) in [5.41, 5.74) is 0. The summed E-state index contributed by atoms with van der Waals surface area (Å²) in [6, 6.07) is 0. The third-order valence-corrected chi connectivity index (χ3v) is 1.16. The molecule has 2 atom stereocenters. The minimum atomic E-state index is -1.23. The van der Waals surface area contributed by atoms with Gasteiger partial charge in [-0.15, -0.1) is 0 Å². The van der Waals surface area contributed by atoms with E-state index in [1.807, 2.05) is 0 Å². The third-order valence-electron chi connectivity index (χ3n) is 1.16. The summed E-state index contributed by atoms with van der Waals surface area (Å²) in [6.07, 6.45) is -2.30. The first-order valence-corrected chi connectivity index (χ1v) is 3.42. The first-order chi connectivity index (χ1) is 5.49. The smallest absolute Gasteiger partial charge is 0.349 e. The predicted molar refractivity (Wildman–Crippen MR) is 39.3 cm³/mol. The van der Waals surface area contributed by atoms with Crippen molar-refractivity contribution in [1.29, 1.82) is 0 Å². The number of aliphatic hydroxyl groups excluding tert-OH is 1. The molecule has 0 radical (unpaired) electrons. The van der Waals surface area contributed by atoms with Crippen LogP contribution in [-0.2, 0) is 19.1 Å². The molecular formula is C7H12O5. The lowest BCUT2D eigenvalue weighted by Gasteiger charge is -2.16. The number of aliphatic hydroxyl groups is 1. The Bertz CT molecular complexity index is 175. The molecule has 0 amide bonds. The number of methoxy groups -OCH3 is 1. The van der Waals surface area contributed by atoms with Gasteiger partial charge in [0.15, 0.2) is 0 Å². The number of hydrogen-bond donors (Lipinski definition) is 1. The molecule has 0 unspecified atom stereocenters. The summed E-state index contributed by atoms with van der Waals surface area (Å²) < 4.78 is 8.80. The van der Waals surface area contributed by atoms with Gasteiger partial charge in [-0.05, 0) is 6.92 Å². The van der Waals surface area contributed by atoms with Crippen LogP contribution < -0.4 is 0 Å². The molecule has 70 valence electrons. The maximum atomic E-state index is 10.8. The fourth-order valence-electron chi connectivity index (χ4n) is 0.638. The molecule has 0 aromatic heterocycles. The molecule has 1 N–H and O–H groups in total. The van der Waals surface area contributed by atoms with Crippen LogP contribution in [0.2, 0.25) is 0 Å². The molecule has 12 heavy (non-hydrogen) atoms. The van der Waals surface area contributed by atoms with Crippen molar-refractivity contribution in [2.24, 2.45) is 0 Å². The maximum absolute atomic E-state index is 10.8. The van der Waals surface area contributed by atoms with Crippen LogP contribution in [0.3, 0.4) is 0 Å². The predicted octanol–water partition coefficient (Wildman–Crippen LogP) is -0.528. The number of ether oxygens (including phenoxy) is 2. The van der Waals surface area contributed by atoms with E-state index in [-0.39, 0.29) is 0 Å². The third kappa shape index (κ3) is 3.34. The van der Waals surface area contributed by atoms with Crippen LogP contribution in [-0.4, -0.2) is 36.4 Å². The molecule has 0 aromatic rings. The van der Waals surface area contributed by atoms with Crippen molar-refractivity contribution in [3.05, 3.63) is 0 Å². The first kappa shape index (κ1) is 10.9. The molecule has 0 saturated carbocycles. The van der Waals surface area contributed by atoms with Crippen molar-refractivity contribution >= 4 is 11.9 Å². The van der Waals surface area contributed by atoms with E-state index in [2.05, 4.69) is 9.47 Å². The number of carbonyl (C=O) groups excluding carboxylic acids is 2. The van der Waals surface area contributed by atoms with Gasteiger partial charge >= 0.3 is 11.9 Å². The van der Waals surface area contributed by atoms with E-state index in [0.29, 0.717) is 0 Å². The zero-order valence-electron chi connectivity index (χ0n) is 7.23. The molecule has 5 heteroatoms. The van der Waals surface area contributed by atoms with Gasteiger partial charge in [0.2, 0.25) is 6.10 Å². The first-order valence-electron chi connectivity index (χ1n) is 3.42. The van der Waals surface area contributed by atoms with E-state index in [9.17, 15) is 9.59 Å². The summed E-state index contributed by atoms with van der Waals surface area (Å²) in [5, 5.41) is 8.98. The highest BCUT2D eigenvalue weighted by atomic mass is 16.6. The van der Waals surface area contributed by atoms with Crippen LogP contribution in [0.25, 0.3) is 0 Å². The van der Waals surface area contributed by atoms with Crippen LogP contribution in [0, 0.1) is 0 Å². The second-order valence-corrected chi connectivity index (χ2v) is 2.29. The average Bonchev–Trinajstić information content (AvgIpc) is 1.98. The Balaban J connectivity index is 4.23. The number of esters is 2. The second kappa shape index (κ2) is 4.71. The minimum absolute atomic E-state index is 0.633. The molecule has 0 heterocycles. The lowest BCUT2D eigenvalue weighted by molar-refractivity contribution is -0.171. The van der Waals surface area contributed by atoms with E-state index in [1.54, 1.807) is 0 Å². The van der Waals surface area contributed by atoms with Crippen LogP contribution in [0.1, 0.15) is 13.8 Å². The van der Waals surface area contributed by atoms with Gasteiger partial charge in [-0.2, -0.15) is 0 Å². The Morgan fingerprint density at radius 3 is 2.17 bits per heavy atom. The molecule has 5 nitrogen and oxygen atoms in total. The molecule has 0 spiro atoms. The van der Waals surface area contributed by atoms with Crippen molar-refractivity contribution in [2.75, 3.05) is 7.11 Å². The Morgan fingerprint density at radius 2 is 1.92 bits per heavy atom. The number of rotatable bonds is 3. The highest BCUT2D eigenvalue weighted by molar-refractivity contribution is 5.79. The summed E-state index contributed by atoms with van der Waals surface area (Å²) in [5.74, 6) is -1.40. The molecule has 0 saturated heterocycles. The van der Waals surface area contributed by atoms with Gasteiger partial charge in [0.05, 0.1) is 13.2 Å². The number of carbonyl (C=O) groups is 2. The highest BCUT2D eigenvalue weighted by Gasteiger charge is 2.27. The fourth-order valence-corrected chi connectivity index (χ4v) is 0.638. The van der Waals surface area contributed by atoms with Gasteiger partial charge in [-0.3, -0.25) is 4.79 Å². The van der Waals surface area contributed by atoms with Crippen molar-refractivity contribution in [3.8, 4) is 0 Å². The van der Waals surface area contributed by atoms with Crippen LogP contribution >= 0.6 is 0 Å². The van der Waals surface area contributed by atoms with E-state index in [0.717, 1.165) is 14.0 Å². The zero-order valence-corrected chi connectivity index (χ0v) is 7.23. The van der Waals surface area contributed by atoms with Gasteiger partial charge in [-0.1, -0.05) is 0 Å². The quantitative estimate of drug-likeness (QED) is 0.585. The topological polar surface area (TPSA) is 72.8 Å². The normalized spacial score (nSPS) is 14.7.